The van der Waals surface area contributed by atoms with Gasteiger partial charge in [0.05, 0.1) is 24.3 Å². The molecule has 1 saturated carbocycles. The molecule has 1 aromatic heterocycles. The van der Waals surface area contributed by atoms with E-state index in [1.165, 1.54) is 12.8 Å². The second kappa shape index (κ2) is 5.38. The van der Waals surface area contributed by atoms with E-state index in [1.54, 1.807) is 18.2 Å². The molecular formula is C13H17N5O2S. The van der Waals surface area contributed by atoms with Crippen LogP contribution < -0.4 is 15.2 Å². The molecule has 0 aliphatic heterocycles. The van der Waals surface area contributed by atoms with Crippen LogP contribution in [0, 0.1) is 0 Å². The minimum atomic E-state index is -3.75. The fraction of sp³-hybridized carbons (Fsp3) is 0.308. The molecule has 1 aromatic carbocycles. The normalized spacial score (nSPS) is 14.9. The Hall–Kier alpha value is -2.06. The first-order chi connectivity index (χ1) is 10.0. The molecule has 0 bridgehead atoms. The molecule has 21 heavy (non-hydrogen) atoms. The van der Waals surface area contributed by atoms with Gasteiger partial charge in [0.2, 0.25) is 0 Å². The largest absolute Gasteiger partial charge is 0.379 e. The molecule has 4 N–H and O–H groups in total. The van der Waals surface area contributed by atoms with Crippen LogP contribution in [-0.2, 0) is 16.8 Å². The molecule has 112 valence electrons. The highest BCUT2D eigenvalue weighted by molar-refractivity contribution is 7.90. The van der Waals surface area contributed by atoms with Gasteiger partial charge in [0.25, 0.3) is 10.2 Å². The topological polar surface area (TPSA) is 102 Å². The lowest BCUT2D eigenvalue weighted by atomic mass is 10.3. The minimum Gasteiger partial charge on any atom is -0.379 e. The maximum Gasteiger partial charge on any atom is 0.296 e. The number of nitrogens with zero attached hydrogens (tertiary/aromatic N) is 2. The zero-order valence-corrected chi connectivity index (χ0v) is 12.2. The summed E-state index contributed by atoms with van der Waals surface area (Å²) in [7, 11) is -3.75. The first-order valence-corrected chi connectivity index (χ1v) is 8.21. The van der Waals surface area contributed by atoms with E-state index in [0.717, 1.165) is 11.4 Å². The van der Waals surface area contributed by atoms with Crippen molar-refractivity contribution in [1.29, 1.82) is 0 Å². The van der Waals surface area contributed by atoms with Crippen LogP contribution in [0.2, 0.25) is 0 Å². The van der Waals surface area contributed by atoms with E-state index in [9.17, 15) is 8.42 Å². The SMILES string of the molecule is NS(=O)(=O)Nc1cccc(NCc2cncn2C2CC2)c1. The Morgan fingerprint density at radius 3 is 2.81 bits per heavy atom. The van der Waals surface area contributed by atoms with Crippen LogP contribution in [0.5, 0.6) is 0 Å². The molecule has 1 heterocycles. The Morgan fingerprint density at radius 1 is 1.33 bits per heavy atom. The molecule has 0 radical (unpaired) electrons. The summed E-state index contributed by atoms with van der Waals surface area (Å²) >= 11 is 0. The highest BCUT2D eigenvalue weighted by Crippen LogP contribution is 2.35. The summed E-state index contributed by atoms with van der Waals surface area (Å²) in [5, 5.41) is 8.22. The van der Waals surface area contributed by atoms with Crippen LogP contribution in [-0.4, -0.2) is 18.0 Å². The van der Waals surface area contributed by atoms with Gasteiger partial charge >= 0.3 is 0 Å². The van der Waals surface area contributed by atoms with Crippen molar-refractivity contribution in [3.05, 3.63) is 42.5 Å². The number of imidazole rings is 1. The number of nitrogens with two attached hydrogens (primary N) is 1. The maximum atomic E-state index is 11.0. The molecule has 0 unspecified atom stereocenters. The molecule has 8 heteroatoms. The second-order valence-corrected chi connectivity index (χ2v) is 6.40. The van der Waals surface area contributed by atoms with Crippen molar-refractivity contribution in [3.8, 4) is 0 Å². The number of hydrogen-bond donors (Lipinski definition) is 3. The molecule has 3 rings (SSSR count). The molecule has 0 saturated heterocycles. The summed E-state index contributed by atoms with van der Waals surface area (Å²) in [4.78, 5) is 4.18. The number of aromatic nitrogens is 2. The molecule has 1 fully saturated rings. The van der Waals surface area contributed by atoms with E-state index in [1.807, 2.05) is 18.6 Å². The number of rotatable bonds is 6. The number of nitrogens with one attached hydrogen (secondary N) is 2. The third-order valence-electron chi connectivity index (χ3n) is 3.28. The minimum absolute atomic E-state index is 0.429. The van der Waals surface area contributed by atoms with Crippen LogP contribution in [0.4, 0.5) is 11.4 Å². The second-order valence-electron chi connectivity index (χ2n) is 5.10. The molecule has 1 aliphatic carbocycles. The molecule has 0 amide bonds. The lowest BCUT2D eigenvalue weighted by Crippen LogP contribution is -2.21. The maximum absolute atomic E-state index is 11.0. The Bertz CT molecular complexity index is 737. The number of benzene rings is 1. The average molecular weight is 307 g/mol. The van der Waals surface area contributed by atoms with Crippen molar-refractivity contribution >= 4 is 21.6 Å². The number of hydrogen-bond acceptors (Lipinski definition) is 4. The Labute approximate surface area is 123 Å². The first kappa shape index (κ1) is 13.9. The van der Waals surface area contributed by atoms with Gasteiger partial charge in [-0.3, -0.25) is 4.72 Å². The Balaban J connectivity index is 1.67. The zero-order chi connectivity index (χ0) is 14.9. The summed E-state index contributed by atoms with van der Waals surface area (Å²) < 4.78 is 26.5. The van der Waals surface area contributed by atoms with Crippen LogP contribution in [0.1, 0.15) is 24.6 Å². The van der Waals surface area contributed by atoms with Gasteiger partial charge in [-0.05, 0) is 31.0 Å². The van der Waals surface area contributed by atoms with Crippen LogP contribution in [0.15, 0.2) is 36.8 Å². The van der Waals surface area contributed by atoms with Gasteiger partial charge < -0.3 is 9.88 Å². The van der Waals surface area contributed by atoms with Gasteiger partial charge in [-0.15, -0.1) is 0 Å². The van der Waals surface area contributed by atoms with E-state index in [-0.39, 0.29) is 0 Å². The summed E-state index contributed by atoms with van der Waals surface area (Å²) in [5.41, 5.74) is 2.35. The summed E-state index contributed by atoms with van der Waals surface area (Å²) in [6, 6.07) is 7.55. The van der Waals surface area contributed by atoms with Crippen molar-refractivity contribution < 1.29 is 8.42 Å². The molecule has 0 atom stereocenters. The van der Waals surface area contributed by atoms with Gasteiger partial charge in [-0.1, -0.05) is 6.07 Å². The highest BCUT2D eigenvalue weighted by Gasteiger charge is 2.24. The smallest absolute Gasteiger partial charge is 0.296 e. The summed E-state index contributed by atoms with van der Waals surface area (Å²) in [5.74, 6) is 0. The lowest BCUT2D eigenvalue weighted by Gasteiger charge is -2.10. The van der Waals surface area contributed by atoms with Crippen molar-refractivity contribution in [3.63, 3.8) is 0 Å². The van der Waals surface area contributed by atoms with Crippen molar-refractivity contribution in [2.45, 2.75) is 25.4 Å². The molecular weight excluding hydrogens is 290 g/mol. The summed E-state index contributed by atoms with van der Waals surface area (Å²) in [6.07, 6.45) is 6.11. The standard InChI is InChI=1S/C13H17N5O2S/c14-21(19,20)17-11-3-1-2-10(6-11)16-8-13-7-15-9-18(13)12-4-5-12/h1-3,6-7,9,12,16-17H,4-5,8H2,(H2,14,19,20). The first-order valence-electron chi connectivity index (χ1n) is 6.66. The van der Waals surface area contributed by atoms with Crippen molar-refractivity contribution in [2.75, 3.05) is 10.0 Å². The Kier molecular flexibility index (Phi) is 3.56. The Morgan fingerprint density at radius 2 is 2.10 bits per heavy atom. The third-order valence-corrected chi connectivity index (χ3v) is 3.80. The molecule has 2 aromatic rings. The fourth-order valence-corrected chi connectivity index (χ4v) is 2.66. The monoisotopic (exact) mass is 307 g/mol. The van der Waals surface area contributed by atoms with Gasteiger partial charge in [0, 0.05) is 17.9 Å². The fourth-order valence-electron chi connectivity index (χ4n) is 2.20. The van der Waals surface area contributed by atoms with Crippen LogP contribution in [0.25, 0.3) is 0 Å². The highest BCUT2D eigenvalue weighted by atomic mass is 32.2. The van der Waals surface area contributed by atoms with Crippen LogP contribution in [0.3, 0.4) is 0 Å². The average Bonchev–Trinajstić information content (AvgIpc) is 3.14. The van der Waals surface area contributed by atoms with Gasteiger partial charge in [0.15, 0.2) is 0 Å². The van der Waals surface area contributed by atoms with E-state index >= 15 is 0 Å². The van der Waals surface area contributed by atoms with Gasteiger partial charge in [-0.2, -0.15) is 8.42 Å². The van der Waals surface area contributed by atoms with Crippen molar-refractivity contribution in [1.82, 2.24) is 9.55 Å². The van der Waals surface area contributed by atoms with Gasteiger partial charge in [-0.25, -0.2) is 10.1 Å². The van der Waals surface area contributed by atoms with Crippen molar-refractivity contribution in [2.24, 2.45) is 5.14 Å². The lowest BCUT2D eigenvalue weighted by molar-refractivity contribution is 0.603. The van der Waals surface area contributed by atoms with E-state index < -0.39 is 10.2 Å². The molecule has 1 aliphatic rings. The molecule has 0 spiro atoms. The van der Waals surface area contributed by atoms with E-state index in [0.29, 0.717) is 18.3 Å². The van der Waals surface area contributed by atoms with Gasteiger partial charge in [0.1, 0.15) is 0 Å². The third kappa shape index (κ3) is 3.73. The predicted molar refractivity (Wildman–Crippen MR) is 81.0 cm³/mol. The van der Waals surface area contributed by atoms with E-state index in [2.05, 4.69) is 19.6 Å². The quantitative estimate of drug-likeness (QED) is 0.751. The zero-order valence-electron chi connectivity index (χ0n) is 11.4. The summed E-state index contributed by atoms with van der Waals surface area (Å²) in [6.45, 7) is 0.634. The predicted octanol–water partition coefficient (Wildman–Crippen LogP) is 1.45. The number of anilines is 2. The molecule has 7 nitrogen and oxygen atoms in total. The van der Waals surface area contributed by atoms with E-state index in [4.69, 9.17) is 5.14 Å². The van der Waals surface area contributed by atoms with Crippen LogP contribution >= 0.6 is 0 Å².